The first-order chi connectivity index (χ1) is 9.95. The summed E-state index contributed by atoms with van der Waals surface area (Å²) < 4.78 is 11.5. The van der Waals surface area contributed by atoms with Crippen LogP contribution in [0.5, 0.6) is 11.5 Å². The van der Waals surface area contributed by atoms with Crippen LogP contribution >= 0.6 is 11.3 Å². The van der Waals surface area contributed by atoms with Crippen LogP contribution in [0.3, 0.4) is 0 Å². The number of ether oxygens (including phenoxy) is 2. The second-order valence-electron chi connectivity index (χ2n) is 6.31. The molecule has 1 aromatic heterocycles. The number of rotatable bonds is 2. The lowest BCUT2D eigenvalue weighted by molar-refractivity contribution is -0.00959. The molecule has 3 nitrogen and oxygen atoms in total. The normalized spacial score (nSPS) is 19.3. The Hall–Kier alpha value is -1.52. The van der Waals surface area contributed by atoms with E-state index in [9.17, 15) is 5.11 Å². The van der Waals surface area contributed by atoms with Crippen molar-refractivity contribution in [2.24, 2.45) is 0 Å². The minimum absolute atomic E-state index is 0.0964. The first-order valence-corrected chi connectivity index (χ1v) is 7.93. The van der Waals surface area contributed by atoms with E-state index in [-0.39, 0.29) is 11.5 Å². The van der Waals surface area contributed by atoms with Crippen LogP contribution in [0, 0.1) is 0 Å². The molecule has 4 heteroatoms. The van der Waals surface area contributed by atoms with Crippen LogP contribution in [0.2, 0.25) is 0 Å². The number of aliphatic hydroxyl groups excluding tert-OH is 1. The van der Waals surface area contributed by atoms with E-state index in [1.54, 1.807) is 11.3 Å². The molecule has 1 aliphatic heterocycles. The van der Waals surface area contributed by atoms with Gasteiger partial charge in [0.05, 0.1) is 0 Å². The van der Waals surface area contributed by atoms with Gasteiger partial charge in [0.2, 0.25) is 0 Å². The van der Waals surface area contributed by atoms with Crippen LogP contribution < -0.4 is 9.47 Å². The zero-order valence-electron chi connectivity index (χ0n) is 12.5. The van der Waals surface area contributed by atoms with E-state index in [2.05, 4.69) is 26.8 Å². The molecule has 3 rings (SSSR count). The Morgan fingerprint density at radius 1 is 1.14 bits per heavy atom. The fourth-order valence-electron chi connectivity index (χ4n) is 2.29. The Bertz CT molecular complexity index is 627. The van der Waals surface area contributed by atoms with Crippen LogP contribution in [-0.2, 0) is 5.41 Å². The molecule has 0 radical (unpaired) electrons. The van der Waals surface area contributed by atoms with E-state index in [1.165, 1.54) is 4.88 Å². The van der Waals surface area contributed by atoms with Crippen LogP contribution in [0.15, 0.2) is 36.4 Å². The zero-order valence-corrected chi connectivity index (χ0v) is 13.3. The first kappa shape index (κ1) is 14.4. The lowest BCUT2D eigenvalue weighted by Crippen LogP contribution is -2.34. The Morgan fingerprint density at radius 2 is 1.86 bits per heavy atom. The van der Waals surface area contributed by atoms with Crippen molar-refractivity contribution in [2.45, 2.75) is 38.4 Å². The van der Waals surface area contributed by atoms with Gasteiger partial charge in [-0.1, -0.05) is 32.9 Å². The number of thiophene rings is 1. The minimum atomic E-state index is -0.667. The average molecular weight is 304 g/mol. The number of aliphatic hydroxyl groups is 1. The van der Waals surface area contributed by atoms with Crippen LogP contribution in [-0.4, -0.2) is 17.8 Å². The van der Waals surface area contributed by atoms with Crippen molar-refractivity contribution < 1.29 is 14.6 Å². The number of benzene rings is 1. The van der Waals surface area contributed by atoms with Gasteiger partial charge < -0.3 is 14.6 Å². The Balaban J connectivity index is 1.77. The summed E-state index contributed by atoms with van der Waals surface area (Å²) in [5.41, 5.74) is 0.0964. The molecule has 0 fully saturated rings. The standard InChI is InChI=1S/C17H20O3S/c1-17(2,3)15-9-8-14(21-15)16(18)13-10-19-11-6-4-5-7-12(11)20-13/h4-9,13,16,18H,10H2,1-3H3. The molecule has 0 aliphatic carbocycles. The maximum absolute atomic E-state index is 10.6. The van der Waals surface area contributed by atoms with E-state index in [0.29, 0.717) is 12.4 Å². The molecule has 2 unspecified atom stereocenters. The summed E-state index contributed by atoms with van der Waals surface area (Å²) >= 11 is 1.64. The number of fused-ring (bicyclic) bond motifs is 1. The van der Waals surface area contributed by atoms with E-state index >= 15 is 0 Å². The van der Waals surface area contributed by atoms with E-state index in [1.807, 2.05) is 30.3 Å². The quantitative estimate of drug-likeness (QED) is 0.914. The lowest BCUT2D eigenvalue weighted by Gasteiger charge is -2.29. The molecule has 0 amide bonds. The van der Waals surface area contributed by atoms with Gasteiger partial charge in [-0.2, -0.15) is 0 Å². The van der Waals surface area contributed by atoms with Gasteiger partial charge in [0, 0.05) is 9.75 Å². The molecular weight excluding hydrogens is 284 g/mol. The zero-order chi connectivity index (χ0) is 15.0. The Morgan fingerprint density at radius 3 is 2.52 bits per heavy atom. The van der Waals surface area contributed by atoms with E-state index < -0.39 is 6.10 Å². The van der Waals surface area contributed by atoms with Gasteiger partial charge in [-0.05, 0) is 29.7 Å². The van der Waals surface area contributed by atoms with E-state index in [4.69, 9.17) is 9.47 Å². The van der Waals surface area contributed by atoms with Gasteiger partial charge in [-0.3, -0.25) is 0 Å². The van der Waals surface area contributed by atoms with Gasteiger partial charge in [0.25, 0.3) is 0 Å². The van der Waals surface area contributed by atoms with Crippen molar-refractivity contribution in [3.05, 3.63) is 46.2 Å². The molecule has 1 N–H and O–H groups in total. The summed E-state index contributed by atoms with van der Waals surface area (Å²) in [7, 11) is 0. The minimum Gasteiger partial charge on any atom is -0.486 e. The monoisotopic (exact) mass is 304 g/mol. The number of hydrogen-bond donors (Lipinski definition) is 1. The molecule has 21 heavy (non-hydrogen) atoms. The topological polar surface area (TPSA) is 38.7 Å². The molecule has 112 valence electrons. The van der Waals surface area contributed by atoms with Crippen molar-refractivity contribution in [3.63, 3.8) is 0 Å². The summed E-state index contributed by atoms with van der Waals surface area (Å²) in [4.78, 5) is 2.18. The fraction of sp³-hybridized carbons (Fsp3) is 0.412. The van der Waals surface area contributed by atoms with Crippen molar-refractivity contribution in [1.82, 2.24) is 0 Å². The molecule has 1 aromatic carbocycles. The van der Waals surface area contributed by atoms with Crippen LogP contribution in [0.25, 0.3) is 0 Å². The van der Waals surface area contributed by atoms with Crippen LogP contribution in [0.1, 0.15) is 36.6 Å². The predicted octanol–water partition coefficient (Wildman–Crippen LogP) is 3.92. The van der Waals surface area contributed by atoms with Gasteiger partial charge in [0.1, 0.15) is 12.7 Å². The molecule has 0 saturated carbocycles. The van der Waals surface area contributed by atoms with Gasteiger partial charge in [-0.15, -0.1) is 11.3 Å². The highest BCUT2D eigenvalue weighted by atomic mass is 32.1. The molecule has 2 aromatic rings. The SMILES string of the molecule is CC(C)(C)c1ccc(C(O)C2COc3ccccc3O2)s1. The highest BCUT2D eigenvalue weighted by Gasteiger charge is 2.30. The van der Waals surface area contributed by atoms with Crippen molar-refractivity contribution in [2.75, 3.05) is 6.61 Å². The van der Waals surface area contributed by atoms with Crippen molar-refractivity contribution >= 4 is 11.3 Å². The highest BCUT2D eigenvalue weighted by molar-refractivity contribution is 7.12. The maximum atomic E-state index is 10.6. The summed E-state index contributed by atoms with van der Waals surface area (Å²) in [6, 6.07) is 11.6. The Labute approximate surface area is 129 Å². The highest BCUT2D eigenvalue weighted by Crippen LogP contribution is 2.37. The third-order valence-electron chi connectivity index (χ3n) is 3.54. The third kappa shape index (κ3) is 2.92. The van der Waals surface area contributed by atoms with E-state index in [0.717, 1.165) is 10.6 Å². The third-order valence-corrected chi connectivity index (χ3v) is 5.12. The summed E-state index contributed by atoms with van der Waals surface area (Å²) in [6.45, 7) is 6.88. The molecule has 0 bridgehead atoms. The number of hydrogen-bond acceptors (Lipinski definition) is 4. The maximum Gasteiger partial charge on any atom is 0.163 e. The molecule has 2 atom stereocenters. The molecule has 0 spiro atoms. The summed E-state index contributed by atoms with van der Waals surface area (Å²) in [6.07, 6.45) is -1.04. The summed E-state index contributed by atoms with van der Waals surface area (Å²) in [5.74, 6) is 1.43. The lowest BCUT2D eigenvalue weighted by atomic mass is 9.95. The second-order valence-corrected chi connectivity index (χ2v) is 7.43. The molecule has 2 heterocycles. The largest absolute Gasteiger partial charge is 0.486 e. The average Bonchev–Trinajstić information content (AvgIpc) is 2.96. The predicted molar refractivity (Wildman–Crippen MR) is 84.3 cm³/mol. The summed E-state index contributed by atoms with van der Waals surface area (Å²) in [5, 5.41) is 10.6. The molecule has 1 aliphatic rings. The number of para-hydroxylation sites is 2. The van der Waals surface area contributed by atoms with Gasteiger partial charge in [0.15, 0.2) is 17.6 Å². The van der Waals surface area contributed by atoms with Gasteiger partial charge in [-0.25, -0.2) is 0 Å². The smallest absolute Gasteiger partial charge is 0.163 e. The first-order valence-electron chi connectivity index (χ1n) is 7.12. The second kappa shape index (κ2) is 5.35. The fourth-order valence-corrected chi connectivity index (χ4v) is 3.39. The van der Waals surface area contributed by atoms with Gasteiger partial charge >= 0.3 is 0 Å². The van der Waals surface area contributed by atoms with Crippen molar-refractivity contribution in [3.8, 4) is 11.5 Å². The van der Waals surface area contributed by atoms with Crippen LogP contribution in [0.4, 0.5) is 0 Å². The molecular formula is C17H20O3S. The van der Waals surface area contributed by atoms with Crippen molar-refractivity contribution in [1.29, 1.82) is 0 Å². The Kier molecular flexibility index (Phi) is 3.68. The molecule has 0 saturated heterocycles.